The Morgan fingerprint density at radius 2 is 0.737 bits per heavy atom. The Hall–Kier alpha value is -0.674. The van der Waals surface area contributed by atoms with Crippen LogP contribution in [-0.2, 0) is 38.4 Å². The molecule has 0 atom stereocenters. The van der Waals surface area contributed by atoms with Gasteiger partial charge < -0.3 is 39.1 Å². The average molecular weight is 1190 g/mol. The van der Waals surface area contributed by atoms with Gasteiger partial charge in [0.15, 0.2) is 0 Å². The van der Waals surface area contributed by atoms with E-state index in [-0.39, 0.29) is 89.0 Å². The van der Waals surface area contributed by atoms with E-state index in [2.05, 4.69) is 10.3 Å². The monoisotopic (exact) mass is 1190 g/mol. The maximum atomic E-state index is 11.9. The largest absolute Gasteiger partial charge is 2.00 e. The number of carbonyl (C=O) groups excluding carboxylic acids is 5. The predicted octanol–water partition coefficient (Wildman–Crippen LogP) is 13.3. The molecule has 0 radical (unpaired) electrons. The number of amides is 1. The quantitative estimate of drug-likeness (QED) is 0.0352. The van der Waals surface area contributed by atoms with E-state index < -0.39 is 5.97 Å². The van der Waals surface area contributed by atoms with Gasteiger partial charge in [0, 0.05) is 52.6 Å². The Morgan fingerprint density at radius 3 is 0.974 bits per heavy atom. The van der Waals surface area contributed by atoms with Crippen LogP contribution in [0.3, 0.4) is 0 Å². The van der Waals surface area contributed by atoms with Gasteiger partial charge in [0.05, 0.1) is 20.6 Å². The van der Waals surface area contributed by atoms with Crippen molar-refractivity contribution in [1.82, 2.24) is 10.5 Å². The molecule has 0 aromatic heterocycles. The van der Waals surface area contributed by atoms with Gasteiger partial charge in [-0.15, -0.1) is 12.4 Å². The van der Waals surface area contributed by atoms with E-state index in [9.17, 15) is 28.8 Å². The summed E-state index contributed by atoms with van der Waals surface area (Å²) in [4.78, 5) is 75.8. The van der Waals surface area contributed by atoms with Crippen LogP contribution in [0.15, 0.2) is 0 Å². The number of aliphatic carboxylic acids is 1. The molecule has 0 aromatic carbocycles. The molecule has 15 heteroatoms. The summed E-state index contributed by atoms with van der Waals surface area (Å²) < 4.78 is 0. The van der Waals surface area contributed by atoms with E-state index >= 15 is 0 Å². The van der Waals surface area contributed by atoms with Crippen LogP contribution < -0.4 is 22.5 Å². The van der Waals surface area contributed by atoms with Crippen molar-refractivity contribution in [2.45, 2.75) is 283 Å². The fraction of sp³-hybridized carbons (Fsp3) is 0.885. The fourth-order valence-electron chi connectivity index (χ4n) is 11.6. The maximum absolute atomic E-state index is 11.9. The Bertz CT molecular complexity index is 1290. The molecule has 0 heterocycles. The molecule has 0 bridgehead atoms. The zero-order valence-electron chi connectivity index (χ0n) is 49.4. The summed E-state index contributed by atoms with van der Waals surface area (Å²) >= 11 is 5.26. The maximum Gasteiger partial charge on any atom is 2.00 e. The third-order valence-electron chi connectivity index (χ3n) is 16.4. The van der Waals surface area contributed by atoms with Gasteiger partial charge in [0.25, 0.3) is 0 Å². The van der Waals surface area contributed by atoms with Crippen molar-refractivity contribution in [3.05, 3.63) is 7.43 Å². The molecule has 0 aromatic rings. The van der Waals surface area contributed by atoms with Crippen LogP contribution in [0.25, 0.3) is 0 Å². The first kappa shape index (κ1) is 81.8. The first-order valence-electron chi connectivity index (χ1n) is 29.7. The number of hydrogen-bond donors (Lipinski definition) is 2. The number of hydrogen-bond acceptors (Lipinski definition) is 9. The third kappa shape index (κ3) is 49.2. The summed E-state index contributed by atoms with van der Waals surface area (Å²) in [6.07, 6.45) is 50.1. The minimum atomic E-state index is -0.643. The van der Waals surface area contributed by atoms with Crippen LogP contribution in [0.2, 0.25) is 0 Å². The number of Topliss-reactive ketones (excluding diaryl/α,β-unsaturated/α-hetero) is 3. The molecular weight excluding hydrogens is 1080 g/mol. The molecule has 0 spiro atoms. The van der Waals surface area contributed by atoms with E-state index in [1.54, 1.807) is 28.1 Å². The van der Waals surface area contributed by atoms with Gasteiger partial charge in [-0.3, -0.25) is 28.8 Å². The number of hydroxylamine groups is 3. The van der Waals surface area contributed by atoms with Gasteiger partial charge in [0.1, 0.15) is 17.3 Å². The summed E-state index contributed by atoms with van der Waals surface area (Å²) in [6.45, 7) is 1.70. The van der Waals surface area contributed by atoms with E-state index in [0.29, 0.717) is 43.8 Å². The minimum Gasteiger partial charge on any atom is -1.00 e. The summed E-state index contributed by atoms with van der Waals surface area (Å²) in [5.74, 6) is 4.82. The second-order valence-corrected chi connectivity index (χ2v) is 22.9. The van der Waals surface area contributed by atoms with Crippen molar-refractivity contribution in [1.29, 1.82) is 0 Å². The van der Waals surface area contributed by atoms with Crippen molar-refractivity contribution in [2.24, 2.45) is 35.5 Å². The summed E-state index contributed by atoms with van der Waals surface area (Å²) in [6, 6.07) is 0. The molecular formula is C61H113BrCl2MgN2O9. The summed E-state index contributed by atoms with van der Waals surface area (Å²) in [5, 5.41) is 9.60. The fourth-order valence-corrected chi connectivity index (χ4v) is 11.7. The molecule has 6 aliphatic carbocycles. The van der Waals surface area contributed by atoms with E-state index in [0.717, 1.165) is 74.5 Å². The Kier molecular flexibility index (Phi) is 60.5. The number of rotatable bonds is 22. The molecule has 11 nitrogen and oxygen atoms in total. The number of nitrogens with one attached hydrogen (secondary N) is 1. The number of carbonyl (C=O) groups is 6. The van der Waals surface area contributed by atoms with Crippen LogP contribution in [0.4, 0.5) is 0 Å². The van der Waals surface area contributed by atoms with Crippen LogP contribution in [-0.4, -0.2) is 96.0 Å². The van der Waals surface area contributed by atoms with Crippen LogP contribution in [0, 0.1) is 42.9 Å². The number of nitrogens with zero attached hydrogens (tertiary/aromatic N) is 1. The van der Waals surface area contributed by atoms with E-state index in [1.807, 2.05) is 0 Å². The van der Waals surface area contributed by atoms with Crippen molar-refractivity contribution < 1.29 is 60.5 Å². The van der Waals surface area contributed by atoms with Crippen molar-refractivity contribution in [2.75, 3.05) is 28.3 Å². The van der Waals surface area contributed by atoms with Crippen molar-refractivity contribution in [3.63, 3.8) is 0 Å². The van der Waals surface area contributed by atoms with Gasteiger partial charge in [-0.1, -0.05) is 193 Å². The number of carboxylic acid groups (broad SMARTS) is 1. The van der Waals surface area contributed by atoms with Gasteiger partial charge in [-0.2, -0.15) is 0 Å². The number of ketones is 3. The molecule has 6 rings (SSSR count). The molecule has 6 saturated carbocycles. The average Bonchev–Trinajstić information content (AvgIpc) is 3.41. The smallest absolute Gasteiger partial charge is 1.00 e. The van der Waals surface area contributed by atoms with Gasteiger partial charge in [0.2, 0.25) is 11.1 Å². The van der Waals surface area contributed by atoms with Crippen molar-refractivity contribution >= 4 is 81.5 Å². The zero-order chi connectivity index (χ0) is 53.0. The predicted molar refractivity (Wildman–Crippen MR) is 314 cm³/mol. The number of halogens is 3. The Labute approximate surface area is 503 Å². The summed E-state index contributed by atoms with van der Waals surface area (Å²) in [5.41, 5.74) is 2.43. The summed E-state index contributed by atoms with van der Waals surface area (Å²) in [7, 11) is 6.47. The van der Waals surface area contributed by atoms with E-state index in [1.165, 1.54) is 205 Å². The number of carboxylic acids is 1. The topological polar surface area (TPSA) is 156 Å². The molecule has 0 unspecified atom stereocenters. The molecule has 0 aliphatic heterocycles. The van der Waals surface area contributed by atoms with Crippen LogP contribution in [0.5, 0.6) is 0 Å². The zero-order valence-corrected chi connectivity index (χ0v) is 54.0. The SMILES string of the molecule is CC(=O)CCC1CCCCC1.CNOC.CON(C)C(=O)CCC1CCCCC1.Cl.O=C(CCC1CCCCC1)CC(=O)CCC1CCCCC1.O=C(Cl)CCC1CCCCC1.O=C(O)CCC1CCCCC1.[Br-].[CH3-].[Mg+2]. The Morgan fingerprint density at radius 1 is 0.487 bits per heavy atom. The van der Waals surface area contributed by atoms with Gasteiger partial charge >= 0.3 is 29.0 Å². The third-order valence-corrected chi connectivity index (χ3v) is 16.6. The molecule has 6 aliphatic rings. The molecule has 76 heavy (non-hydrogen) atoms. The van der Waals surface area contributed by atoms with Crippen molar-refractivity contribution in [3.8, 4) is 0 Å². The molecule has 0 saturated heterocycles. The van der Waals surface area contributed by atoms with Gasteiger partial charge in [-0.25, -0.2) is 10.5 Å². The first-order valence-corrected chi connectivity index (χ1v) is 30.1. The molecule has 2 N–H and O–H groups in total. The molecule has 1 amide bonds. The second kappa shape index (κ2) is 56.2. The second-order valence-electron chi connectivity index (χ2n) is 22.4. The first-order chi connectivity index (χ1) is 34.8. The normalized spacial score (nSPS) is 18.3. The molecule has 6 fully saturated rings. The van der Waals surface area contributed by atoms with Crippen LogP contribution in [0.1, 0.15) is 283 Å². The minimum absolute atomic E-state index is 0. The Balaban J connectivity index is -0.000000423. The van der Waals surface area contributed by atoms with Crippen LogP contribution >= 0.6 is 24.0 Å². The van der Waals surface area contributed by atoms with E-state index in [4.69, 9.17) is 21.5 Å². The van der Waals surface area contributed by atoms with Gasteiger partial charge in [-0.05, 0) is 92.6 Å². The standard InChI is InChI=1S/C19H32O2.C11H21NO2.C10H18O.C9H15ClO.C9H16O2.C2H7NO.CH3.BrH.ClH.Mg/c20-18(13-11-16-7-3-1-4-8-16)15-19(21)14-12-17-9-5-2-6-10-17;1-12(14-2)11(13)9-8-10-6-4-3-5-7-10;1-9(11)7-8-10-5-3-2-4-6-10;2*10-9(11)7-6-8-4-2-1-3-5-8;1-3-4-2;;;;/h16-17H,1-15H2;10H,3-9H2,1-2H3;10H,2-8H2,1H3;8H,1-7H2;8H,1-7H2,(H,10,11);3H,1-2H3;1H3;2*1H;/q;;;;;;-1;;;+2/p-1. The molecule has 444 valence electrons.